The first-order chi connectivity index (χ1) is 9.47. The Labute approximate surface area is 115 Å². The number of ether oxygens (including phenoxy) is 1. The molecule has 0 spiro atoms. The summed E-state index contributed by atoms with van der Waals surface area (Å²) in [7, 11) is 1.83. The molecule has 0 saturated carbocycles. The summed E-state index contributed by atoms with van der Waals surface area (Å²) >= 11 is 0. The van der Waals surface area contributed by atoms with E-state index in [1.54, 1.807) is 23.9 Å². The van der Waals surface area contributed by atoms with Crippen LogP contribution >= 0.6 is 0 Å². The van der Waals surface area contributed by atoms with E-state index in [2.05, 4.69) is 10.1 Å². The quantitative estimate of drug-likeness (QED) is 0.791. The minimum Gasteiger partial charge on any atom is -0.426 e. The molecule has 6 heteroatoms. The van der Waals surface area contributed by atoms with Crippen molar-refractivity contribution in [2.45, 2.75) is 26.2 Å². The normalized spacial score (nSPS) is 17.8. The van der Waals surface area contributed by atoms with Gasteiger partial charge in [0, 0.05) is 36.0 Å². The van der Waals surface area contributed by atoms with Crippen LogP contribution in [0.3, 0.4) is 0 Å². The van der Waals surface area contributed by atoms with Crippen molar-refractivity contribution in [3.63, 3.8) is 0 Å². The van der Waals surface area contributed by atoms with E-state index in [0.29, 0.717) is 17.0 Å². The minimum atomic E-state index is -0.323. The molecule has 2 aromatic rings. The predicted octanol–water partition coefficient (Wildman–Crippen LogP) is 1.17. The molecule has 0 saturated heterocycles. The van der Waals surface area contributed by atoms with E-state index in [9.17, 15) is 9.59 Å². The Hall–Kier alpha value is -2.37. The van der Waals surface area contributed by atoms with Crippen LogP contribution in [0.25, 0.3) is 0 Å². The highest BCUT2D eigenvalue weighted by Gasteiger charge is 2.33. The maximum absolute atomic E-state index is 12.2. The molecule has 0 bridgehead atoms. The molecular formula is C14H15N3O3. The van der Waals surface area contributed by atoms with E-state index in [-0.39, 0.29) is 23.9 Å². The highest BCUT2D eigenvalue weighted by Crippen LogP contribution is 2.37. The molecule has 20 heavy (non-hydrogen) atoms. The van der Waals surface area contributed by atoms with Crippen molar-refractivity contribution in [3.05, 3.63) is 45.1 Å². The molecule has 104 valence electrons. The number of esters is 1. The smallest absolute Gasteiger partial charge is 0.312 e. The molecule has 1 N–H and O–H groups in total. The van der Waals surface area contributed by atoms with Gasteiger partial charge >= 0.3 is 5.97 Å². The second kappa shape index (κ2) is 4.33. The van der Waals surface area contributed by atoms with Crippen LogP contribution in [-0.4, -0.2) is 20.7 Å². The van der Waals surface area contributed by atoms with E-state index in [1.165, 1.54) is 0 Å². The second-order valence-corrected chi connectivity index (χ2v) is 5.10. The lowest BCUT2D eigenvalue weighted by Gasteiger charge is -2.23. The third-order valence-electron chi connectivity index (χ3n) is 3.76. The fourth-order valence-corrected chi connectivity index (χ4v) is 2.64. The van der Waals surface area contributed by atoms with Crippen molar-refractivity contribution in [2.24, 2.45) is 7.05 Å². The molecule has 3 rings (SSSR count). The van der Waals surface area contributed by atoms with Crippen LogP contribution in [0.5, 0.6) is 5.75 Å². The fourth-order valence-electron chi connectivity index (χ4n) is 2.64. The van der Waals surface area contributed by atoms with E-state index in [4.69, 9.17) is 4.74 Å². The largest absolute Gasteiger partial charge is 0.426 e. The Balaban J connectivity index is 2.23. The van der Waals surface area contributed by atoms with Gasteiger partial charge in [0.05, 0.1) is 18.2 Å². The number of nitrogens with zero attached hydrogens (tertiary/aromatic N) is 2. The Morgan fingerprint density at radius 2 is 2.15 bits per heavy atom. The summed E-state index contributed by atoms with van der Waals surface area (Å²) in [5, 5.41) is 4.19. The summed E-state index contributed by atoms with van der Waals surface area (Å²) in [5.41, 5.74) is 2.80. The third kappa shape index (κ3) is 1.84. The van der Waals surface area contributed by atoms with Crippen LogP contribution in [0.1, 0.15) is 34.9 Å². The van der Waals surface area contributed by atoms with Gasteiger partial charge in [0.2, 0.25) is 0 Å². The number of aromatic nitrogens is 3. The maximum Gasteiger partial charge on any atom is 0.312 e. The van der Waals surface area contributed by atoms with Crippen molar-refractivity contribution < 1.29 is 9.53 Å². The van der Waals surface area contributed by atoms with Gasteiger partial charge in [-0.05, 0) is 13.8 Å². The fraction of sp³-hybridized carbons (Fsp3) is 0.357. The van der Waals surface area contributed by atoms with Crippen LogP contribution in [0.4, 0.5) is 0 Å². The first-order valence-corrected chi connectivity index (χ1v) is 6.40. The van der Waals surface area contributed by atoms with Crippen LogP contribution in [0.2, 0.25) is 0 Å². The molecular weight excluding hydrogens is 258 g/mol. The summed E-state index contributed by atoms with van der Waals surface area (Å²) in [4.78, 5) is 26.8. The van der Waals surface area contributed by atoms with E-state index >= 15 is 0 Å². The van der Waals surface area contributed by atoms with E-state index < -0.39 is 0 Å². The number of carbonyl (C=O) groups is 1. The van der Waals surface area contributed by atoms with Crippen molar-refractivity contribution in [2.75, 3.05) is 0 Å². The zero-order chi connectivity index (χ0) is 14.4. The van der Waals surface area contributed by atoms with Gasteiger partial charge in [0.1, 0.15) is 5.75 Å². The van der Waals surface area contributed by atoms with Gasteiger partial charge in [0.25, 0.3) is 5.56 Å². The van der Waals surface area contributed by atoms with E-state index in [1.807, 2.05) is 14.0 Å². The van der Waals surface area contributed by atoms with Crippen molar-refractivity contribution in [3.8, 4) is 5.75 Å². The van der Waals surface area contributed by atoms with Crippen LogP contribution in [0.15, 0.2) is 17.1 Å². The number of hydrogen-bond acceptors (Lipinski definition) is 4. The predicted molar refractivity (Wildman–Crippen MR) is 71.8 cm³/mol. The molecule has 0 radical (unpaired) electrons. The molecule has 1 aliphatic heterocycles. The number of fused-ring (bicyclic) bond motifs is 1. The molecule has 1 unspecified atom stereocenters. The lowest BCUT2D eigenvalue weighted by molar-refractivity contribution is -0.135. The molecule has 0 aliphatic carbocycles. The number of hydrogen-bond donors (Lipinski definition) is 1. The monoisotopic (exact) mass is 273 g/mol. The number of carbonyl (C=O) groups excluding carboxylic acids is 1. The molecule has 3 heterocycles. The SMILES string of the molecule is Cc1cc2c(c(=O)[nH]1)C(c1cnn(C)c1C)CC(=O)O2. The Kier molecular flexibility index (Phi) is 2.74. The Bertz CT molecular complexity index is 758. The second-order valence-electron chi connectivity index (χ2n) is 5.10. The topological polar surface area (TPSA) is 77.0 Å². The van der Waals surface area contributed by atoms with Gasteiger partial charge in [-0.15, -0.1) is 0 Å². The third-order valence-corrected chi connectivity index (χ3v) is 3.76. The van der Waals surface area contributed by atoms with Gasteiger partial charge in [-0.3, -0.25) is 14.3 Å². The lowest BCUT2D eigenvalue weighted by atomic mass is 9.87. The zero-order valence-corrected chi connectivity index (χ0v) is 11.6. The summed E-state index contributed by atoms with van der Waals surface area (Å²) in [5.74, 6) is -0.268. The minimum absolute atomic E-state index is 0.158. The zero-order valence-electron chi connectivity index (χ0n) is 11.6. The number of pyridine rings is 1. The van der Waals surface area contributed by atoms with Gasteiger partial charge in [-0.25, -0.2) is 0 Å². The summed E-state index contributed by atoms with van der Waals surface area (Å²) in [6.45, 7) is 3.68. The molecule has 0 amide bonds. The number of aromatic amines is 1. The van der Waals surface area contributed by atoms with Crippen molar-refractivity contribution in [1.29, 1.82) is 0 Å². The molecule has 0 aromatic carbocycles. The molecule has 1 atom stereocenters. The van der Waals surface area contributed by atoms with Crippen molar-refractivity contribution >= 4 is 5.97 Å². The summed E-state index contributed by atoms with van der Waals surface area (Å²) in [6, 6.07) is 1.69. The van der Waals surface area contributed by atoms with Gasteiger partial charge in [-0.1, -0.05) is 0 Å². The summed E-state index contributed by atoms with van der Waals surface area (Å²) < 4.78 is 6.94. The Morgan fingerprint density at radius 1 is 1.40 bits per heavy atom. The summed E-state index contributed by atoms with van der Waals surface area (Å²) in [6.07, 6.45) is 1.87. The maximum atomic E-state index is 12.2. The van der Waals surface area contributed by atoms with Gasteiger partial charge in [0.15, 0.2) is 0 Å². The number of H-pyrrole nitrogens is 1. The molecule has 6 nitrogen and oxygen atoms in total. The van der Waals surface area contributed by atoms with Crippen LogP contribution in [-0.2, 0) is 11.8 Å². The number of nitrogens with one attached hydrogen (secondary N) is 1. The lowest BCUT2D eigenvalue weighted by Crippen LogP contribution is -2.28. The average molecular weight is 273 g/mol. The Morgan fingerprint density at radius 3 is 2.80 bits per heavy atom. The van der Waals surface area contributed by atoms with Crippen LogP contribution < -0.4 is 10.3 Å². The van der Waals surface area contributed by atoms with Crippen LogP contribution in [0, 0.1) is 13.8 Å². The first-order valence-electron chi connectivity index (χ1n) is 6.40. The van der Waals surface area contributed by atoms with E-state index in [0.717, 1.165) is 11.3 Å². The van der Waals surface area contributed by atoms with Gasteiger partial charge < -0.3 is 9.72 Å². The first kappa shape index (κ1) is 12.7. The average Bonchev–Trinajstić information content (AvgIpc) is 2.68. The van der Waals surface area contributed by atoms with Crippen molar-refractivity contribution in [1.82, 2.24) is 14.8 Å². The molecule has 2 aromatic heterocycles. The highest BCUT2D eigenvalue weighted by molar-refractivity contribution is 5.77. The molecule has 1 aliphatic rings. The standard InChI is InChI=1S/C14H15N3O3/c1-7-4-11-13(14(19)16-7)9(5-12(18)20-11)10-6-15-17(3)8(10)2/h4,6,9H,5H2,1-3H3,(H,16,19). The highest BCUT2D eigenvalue weighted by atomic mass is 16.5. The number of aryl methyl sites for hydroxylation is 2. The number of rotatable bonds is 1. The van der Waals surface area contributed by atoms with Gasteiger partial charge in [-0.2, -0.15) is 5.10 Å². The molecule has 0 fully saturated rings.